The number of imidazole rings is 1. The van der Waals surface area contributed by atoms with Crippen LogP contribution >= 0.6 is 11.6 Å². The summed E-state index contributed by atoms with van der Waals surface area (Å²) in [7, 11) is 1.66. The van der Waals surface area contributed by atoms with E-state index in [1.54, 1.807) is 43.8 Å². The van der Waals surface area contributed by atoms with E-state index in [1.165, 1.54) is 21.3 Å². The third-order valence-electron chi connectivity index (χ3n) is 7.15. The van der Waals surface area contributed by atoms with Crippen molar-refractivity contribution in [2.45, 2.75) is 26.3 Å². The molecule has 0 radical (unpaired) electrons. The molecule has 5 rings (SSSR count). The Bertz CT molecular complexity index is 1550. The number of piperazine rings is 1. The average molecular weight is 536 g/mol. The first-order valence-corrected chi connectivity index (χ1v) is 12.9. The highest BCUT2D eigenvalue weighted by Gasteiger charge is 2.26. The van der Waals surface area contributed by atoms with Crippen LogP contribution in [0.4, 0.5) is 10.1 Å². The van der Waals surface area contributed by atoms with Gasteiger partial charge in [-0.1, -0.05) is 17.7 Å². The molecule has 1 N–H and O–H groups in total. The smallest absolute Gasteiger partial charge is 0.332 e. The molecule has 1 aliphatic heterocycles. The van der Waals surface area contributed by atoms with E-state index in [-0.39, 0.29) is 17.0 Å². The first-order chi connectivity index (χ1) is 18.0. The fourth-order valence-electron chi connectivity index (χ4n) is 4.93. The monoisotopic (exact) mass is 535 g/mol. The molecular weight excluding hydrogens is 505 g/mol. The van der Waals surface area contributed by atoms with Crippen LogP contribution in [0, 0.1) is 5.82 Å². The first kappa shape index (κ1) is 26.0. The van der Waals surface area contributed by atoms with Gasteiger partial charge in [-0.25, -0.2) is 9.18 Å². The molecule has 0 unspecified atom stereocenters. The molecule has 2 aromatic carbocycles. The molecule has 0 spiro atoms. The van der Waals surface area contributed by atoms with Gasteiger partial charge in [0.15, 0.2) is 0 Å². The average Bonchev–Trinajstić information content (AvgIpc) is 3.22. The van der Waals surface area contributed by atoms with Gasteiger partial charge in [-0.05, 0) is 62.7 Å². The Balaban J connectivity index is 1.47. The maximum absolute atomic E-state index is 14.9. The van der Waals surface area contributed by atoms with Gasteiger partial charge in [-0.3, -0.25) is 14.5 Å². The summed E-state index contributed by atoms with van der Waals surface area (Å²) in [5, 5.41) is 11.5. The van der Waals surface area contributed by atoms with Crippen molar-refractivity contribution in [2.75, 3.05) is 31.1 Å². The SMILES string of the molecule is Cn1ccn(-c2ccc(-c3cc(F)cc(-c4cc(N5CCN(C(C)(C)C)CC5)ccn4)c3O)cc2Cl)c1=O. The van der Waals surface area contributed by atoms with Gasteiger partial charge in [-0.15, -0.1) is 0 Å². The first-order valence-electron chi connectivity index (χ1n) is 12.6. The molecule has 1 saturated heterocycles. The molecule has 198 valence electrons. The highest BCUT2D eigenvalue weighted by Crippen LogP contribution is 2.40. The quantitative estimate of drug-likeness (QED) is 0.383. The summed E-state index contributed by atoms with van der Waals surface area (Å²) in [6.07, 6.45) is 4.96. The van der Waals surface area contributed by atoms with Gasteiger partial charge in [-0.2, -0.15) is 0 Å². The summed E-state index contributed by atoms with van der Waals surface area (Å²) in [5.74, 6) is -0.590. The Labute approximate surface area is 226 Å². The van der Waals surface area contributed by atoms with Crippen molar-refractivity contribution in [1.82, 2.24) is 19.0 Å². The number of rotatable bonds is 4. The summed E-state index contributed by atoms with van der Waals surface area (Å²) >= 11 is 6.52. The van der Waals surface area contributed by atoms with Crippen molar-refractivity contribution in [1.29, 1.82) is 0 Å². The van der Waals surface area contributed by atoms with Crippen molar-refractivity contribution in [3.05, 3.63) is 82.4 Å². The van der Waals surface area contributed by atoms with Gasteiger partial charge in [0.25, 0.3) is 0 Å². The van der Waals surface area contributed by atoms with E-state index < -0.39 is 5.82 Å². The van der Waals surface area contributed by atoms with Gasteiger partial charge < -0.3 is 14.6 Å². The predicted octanol–water partition coefficient (Wildman–Crippen LogP) is 5.32. The third kappa shape index (κ3) is 4.93. The number of aryl methyl sites for hydroxylation is 1. The maximum atomic E-state index is 14.9. The number of phenolic OH excluding ortho intramolecular Hbond substituents is 1. The molecule has 0 aliphatic carbocycles. The van der Waals surface area contributed by atoms with Crippen LogP contribution in [-0.4, -0.2) is 55.8 Å². The lowest BCUT2D eigenvalue weighted by atomic mass is 9.98. The number of aromatic nitrogens is 3. The molecule has 7 nitrogen and oxygen atoms in total. The molecule has 0 saturated carbocycles. The van der Waals surface area contributed by atoms with Crippen molar-refractivity contribution in [2.24, 2.45) is 7.05 Å². The van der Waals surface area contributed by atoms with E-state index in [0.29, 0.717) is 33.1 Å². The maximum Gasteiger partial charge on any atom is 0.332 e. The van der Waals surface area contributed by atoms with E-state index in [2.05, 4.69) is 35.6 Å². The van der Waals surface area contributed by atoms with E-state index >= 15 is 0 Å². The van der Waals surface area contributed by atoms with Crippen LogP contribution in [-0.2, 0) is 7.05 Å². The Morgan fingerprint density at radius 1 is 0.974 bits per heavy atom. The number of benzene rings is 2. The highest BCUT2D eigenvalue weighted by atomic mass is 35.5. The Morgan fingerprint density at radius 2 is 1.68 bits per heavy atom. The molecule has 0 amide bonds. The number of nitrogens with zero attached hydrogens (tertiary/aromatic N) is 5. The Morgan fingerprint density at radius 3 is 2.32 bits per heavy atom. The van der Waals surface area contributed by atoms with E-state index in [1.807, 2.05) is 12.1 Å². The largest absolute Gasteiger partial charge is 0.507 e. The number of anilines is 1. The van der Waals surface area contributed by atoms with E-state index in [0.717, 1.165) is 31.9 Å². The van der Waals surface area contributed by atoms with Gasteiger partial charge in [0.1, 0.15) is 11.6 Å². The highest BCUT2D eigenvalue weighted by molar-refractivity contribution is 6.32. The minimum absolute atomic E-state index is 0.0886. The second-order valence-electron chi connectivity index (χ2n) is 10.6. The van der Waals surface area contributed by atoms with Crippen LogP contribution in [0.3, 0.4) is 0 Å². The molecule has 38 heavy (non-hydrogen) atoms. The van der Waals surface area contributed by atoms with Gasteiger partial charge in [0.05, 0.1) is 16.4 Å². The van der Waals surface area contributed by atoms with Crippen LogP contribution in [0.1, 0.15) is 20.8 Å². The van der Waals surface area contributed by atoms with Crippen molar-refractivity contribution < 1.29 is 9.50 Å². The van der Waals surface area contributed by atoms with Crippen LogP contribution in [0.5, 0.6) is 5.75 Å². The molecule has 2 aromatic heterocycles. The van der Waals surface area contributed by atoms with Crippen molar-refractivity contribution >= 4 is 17.3 Å². The minimum Gasteiger partial charge on any atom is -0.507 e. The third-order valence-corrected chi connectivity index (χ3v) is 7.46. The number of hydrogen-bond acceptors (Lipinski definition) is 5. The fraction of sp³-hybridized carbons (Fsp3) is 0.310. The Hall–Kier alpha value is -3.62. The molecule has 9 heteroatoms. The zero-order valence-electron chi connectivity index (χ0n) is 21.9. The summed E-state index contributed by atoms with van der Waals surface area (Å²) in [6.45, 7) is 10.3. The molecule has 3 heterocycles. The summed E-state index contributed by atoms with van der Waals surface area (Å²) < 4.78 is 17.7. The molecule has 0 bridgehead atoms. The molecule has 0 atom stereocenters. The van der Waals surface area contributed by atoms with Crippen molar-refractivity contribution in [3.8, 4) is 33.8 Å². The Kier molecular flexibility index (Phi) is 6.79. The lowest BCUT2D eigenvalue weighted by Gasteiger charge is -2.43. The standard InChI is InChI=1S/C29H31ClFN5O2/c1-29(2,3)35-12-10-34(11-13-35)21-7-8-32-25(18-21)23-17-20(31)16-22(27(23)37)19-5-6-26(24(30)15-19)36-14-9-33(4)28(36)38/h5-9,14-18,37H,10-13H2,1-4H3. The second-order valence-corrected chi connectivity index (χ2v) is 11.0. The summed E-state index contributed by atoms with van der Waals surface area (Å²) in [4.78, 5) is 21.5. The lowest BCUT2D eigenvalue weighted by molar-refractivity contribution is 0.128. The number of pyridine rings is 1. The van der Waals surface area contributed by atoms with Gasteiger partial charge >= 0.3 is 5.69 Å². The number of hydrogen-bond donors (Lipinski definition) is 1. The number of phenols is 1. The molecule has 4 aromatic rings. The second kappa shape index (κ2) is 9.93. The molecule has 1 fully saturated rings. The van der Waals surface area contributed by atoms with Crippen LogP contribution < -0.4 is 10.6 Å². The van der Waals surface area contributed by atoms with Crippen LogP contribution in [0.15, 0.2) is 65.8 Å². The zero-order chi connectivity index (χ0) is 27.2. The molecule has 1 aliphatic rings. The minimum atomic E-state index is -0.502. The van der Waals surface area contributed by atoms with Gasteiger partial charge in [0, 0.05) is 74.2 Å². The van der Waals surface area contributed by atoms with E-state index in [4.69, 9.17) is 11.6 Å². The van der Waals surface area contributed by atoms with Crippen LogP contribution in [0.25, 0.3) is 28.1 Å². The van der Waals surface area contributed by atoms with E-state index in [9.17, 15) is 14.3 Å². The normalized spacial score (nSPS) is 14.7. The molecular formula is C29H31ClFN5O2. The lowest BCUT2D eigenvalue weighted by Crippen LogP contribution is -2.53. The number of halogens is 2. The zero-order valence-corrected chi connectivity index (χ0v) is 22.7. The van der Waals surface area contributed by atoms with Crippen molar-refractivity contribution in [3.63, 3.8) is 0 Å². The van der Waals surface area contributed by atoms with Crippen LogP contribution in [0.2, 0.25) is 5.02 Å². The summed E-state index contributed by atoms with van der Waals surface area (Å²) in [5.41, 5.74) is 2.97. The predicted molar refractivity (Wildman–Crippen MR) is 150 cm³/mol. The number of aromatic hydroxyl groups is 1. The van der Waals surface area contributed by atoms with Gasteiger partial charge in [0.2, 0.25) is 0 Å². The summed E-state index contributed by atoms with van der Waals surface area (Å²) in [6, 6.07) is 11.4. The fourth-order valence-corrected chi connectivity index (χ4v) is 5.20. The topological polar surface area (TPSA) is 66.5 Å².